The van der Waals surface area contributed by atoms with Gasteiger partial charge in [0.2, 0.25) is 0 Å². The third-order valence-corrected chi connectivity index (χ3v) is 11.6. The molecule has 0 saturated heterocycles. The summed E-state index contributed by atoms with van der Waals surface area (Å²) >= 11 is 0. The third-order valence-electron chi connectivity index (χ3n) is 11.6. The highest BCUT2D eigenvalue weighted by Gasteiger charge is 2.63. The van der Waals surface area contributed by atoms with Crippen molar-refractivity contribution in [2.45, 2.75) is 125 Å². The molecule has 0 aliphatic heterocycles. The third kappa shape index (κ3) is 3.41. The average Bonchev–Trinajstić information content (AvgIpc) is 2.96. The second kappa shape index (κ2) is 7.98. The Kier molecular flexibility index (Phi) is 6.11. The Bertz CT molecular complexity index is 802. The van der Waals surface area contributed by atoms with Crippen LogP contribution in [0, 0.1) is 39.4 Å². The van der Waals surface area contributed by atoms with Crippen LogP contribution in [0.1, 0.15) is 113 Å². The fourth-order valence-electron chi connectivity index (χ4n) is 9.63. The van der Waals surface area contributed by atoms with Gasteiger partial charge in [0.05, 0.1) is 12.2 Å². The molecule has 4 aliphatic rings. The molecule has 1 unspecified atom stereocenters. The van der Waals surface area contributed by atoms with E-state index in [0.717, 1.165) is 19.3 Å². The van der Waals surface area contributed by atoms with Crippen LogP contribution in [0.15, 0.2) is 22.8 Å². The van der Waals surface area contributed by atoms with Crippen molar-refractivity contribution in [2.24, 2.45) is 39.4 Å². The van der Waals surface area contributed by atoms with E-state index < -0.39 is 0 Å². The van der Waals surface area contributed by atoms with E-state index in [2.05, 4.69) is 55.4 Å². The van der Waals surface area contributed by atoms with Gasteiger partial charge < -0.3 is 10.2 Å². The van der Waals surface area contributed by atoms with Gasteiger partial charge in [0.15, 0.2) is 0 Å². The zero-order chi connectivity index (χ0) is 23.7. The van der Waals surface area contributed by atoms with Gasteiger partial charge in [-0.3, -0.25) is 0 Å². The summed E-state index contributed by atoms with van der Waals surface area (Å²) in [7, 11) is 0. The Labute approximate surface area is 198 Å². The highest BCUT2D eigenvalue weighted by Crippen LogP contribution is 2.72. The van der Waals surface area contributed by atoms with Gasteiger partial charge in [0, 0.05) is 0 Å². The summed E-state index contributed by atoms with van der Waals surface area (Å²) in [5.74, 6) is 1.84. The van der Waals surface area contributed by atoms with Gasteiger partial charge in [-0.15, -0.1) is 0 Å². The Morgan fingerprint density at radius 2 is 1.66 bits per heavy atom. The van der Waals surface area contributed by atoms with Crippen molar-refractivity contribution in [3.63, 3.8) is 0 Å². The molecule has 0 aromatic rings. The Morgan fingerprint density at radius 1 is 0.969 bits per heavy atom. The van der Waals surface area contributed by atoms with Crippen LogP contribution in [0.5, 0.6) is 0 Å². The Morgan fingerprint density at radius 3 is 2.31 bits per heavy atom. The first kappa shape index (κ1) is 24.5. The number of hydrogen-bond donors (Lipinski definition) is 2. The van der Waals surface area contributed by atoms with Gasteiger partial charge in [-0.2, -0.15) is 0 Å². The van der Waals surface area contributed by atoms with E-state index in [1.165, 1.54) is 44.1 Å². The average molecular weight is 443 g/mol. The molecule has 8 atom stereocenters. The summed E-state index contributed by atoms with van der Waals surface area (Å²) in [4.78, 5) is 0. The lowest BCUT2D eigenvalue weighted by Gasteiger charge is -2.62. The van der Waals surface area contributed by atoms with Crippen molar-refractivity contribution in [1.29, 1.82) is 0 Å². The van der Waals surface area contributed by atoms with Crippen LogP contribution >= 0.6 is 0 Å². The van der Waals surface area contributed by atoms with Crippen LogP contribution in [0.2, 0.25) is 0 Å². The molecule has 32 heavy (non-hydrogen) atoms. The molecule has 0 heterocycles. The summed E-state index contributed by atoms with van der Waals surface area (Å²) in [6, 6.07) is 0. The van der Waals surface area contributed by atoms with Crippen LogP contribution < -0.4 is 0 Å². The van der Waals surface area contributed by atoms with Gasteiger partial charge in [0.1, 0.15) is 0 Å². The molecule has 0 radical (unpaired) electrons. The smallest absolute Gasteiger partial charge is 0.0726 e. The molecule has 0 aromatic carbocycles. The van der Waals surface area contributed by atoms with Crippen LogP contribution in [-0.2, 0) is 0 Å². The van der Waals surface area contributed by atoms with E-state index in [1.807, 2.05) is 11.6 Å². The highest BCUT2D eigenvalue weighted by molar-refractivity contribution is 5.38. The predicted octanol–water partition coefficient (Wildman–Crippen LogP) is 7.45. The van der Waals surface area contributed by atoms with E-state index in [1.54, 1.807) is 5.57 Å². The number of rotatable bonds is 4. The maximum absolute atomic E-state index is 10.8. The van der Waals surface area contributed by atoms with Gasteiger partial charge in [-0.1, -0.05) is 64.3 Å². The molecule has 182 valence electrons. The number of aliphatic hydroxyl groups excluding tert-OH is 2. The van der Waals surface area contributed by atoms with Gasteiger partial charge >= 0.3 is 0 Å². The number of hydrogen-bond acceptors (Lipinski definition) is 2. The first-order valence-electron chi connectivity index (χ1n) is 13.5. The van der Waals surface area contributed by atoms with Crippen molar-refractivity contribution < 1.29 is 10.2 Å². The first-order valence-corrected chi connectivity index (χ1v) is 13.5. The molecule has 0 bridgehead atoms. The molecule has 2 N–H and O–H groups in total. The molecule has 4 rings (SSSR count). The van der Waals surface area contributed by atoms with Crippen LogP contribution in [0.3, 0.4) is 0 Å². The fourth-order valence-corrected chi connectivity index (χ4v) is 9.63. The van der Waals surface area contributed by atoms with Crippen molar-refractivity contribution in [1.82, 2.24) is 0 Å². The van der Waals surface area contributed by atoms with E-state index in [0.29, 0.717) is 28.6 Å². The maximum atomic E-state index is 10.8. The maximum Gasteiger partial charge on any atom is 0.0726 e. The summed E-state index contributed by atoms with van der Waals surface area (Å²) in [6.07, 6.45) is 12.2. The highest BCUT2D eigenvalue weighted by atomic mass is 16.3. The summed E-state index contributed by atoms with van der Waals surface area (Å²) in [5.41, 5.74) is 5.75. The molecule has 0 amide bonds. The molecule has 2 fully saturated rings. The second-order valence-corrected chi connectivity index (χ2v) is 13.8. The zero-order valence-corrected chi connectivity index (χ0v) is 22.2. The number of fused-ring (bicyclic) bond motifs is 4. The predicted molar refractivity (Wildman–Crippen MR) is 134 cm³/mol. The summed E-state index contributed by atoms with van der Waals surface area (Å²) in [6.45, 7) is 19.0. The van der Waals surface area contributed by atoms with Crippen molar-refractivity contribution in [2.75, 3.05) is 0 Å². The normalized spacial score (nSPS) is 44.9. The topological polar surface area (TPSA) is 40.5 Å². The van der Waals surface area contributed by atoms with Crippen molar-refractivity contribution >= 4 is 0 Å². The lowest BCUT2D eigenvalue weighted by molar-refractivity contribution is -0.0963. The van der Waals surface area contributed by atoms with E-state index in [4.69, 9.17) is 0 Å². The molecule has 2 heteroatoms. The Hall–Kier alpha value is -0.600. The van der Waals surface area contributed by atoms with Crippen LogP contribution in [0.4, 0.5) is 0 Å². The second-order valence-electron chi connectivity index (χ2n) is 13.8. The SMILES string of the molecule is CC(C)=C[C@@H](O)C[C@@H](C)[C@H]1CC[C@@]2(C)C3=C(CC[C@]12C)[C@@]1(C)CC[C@H](O)C(C)(C)C1CC3. The number of allylic oxidation sites excluding steroid dienone is 3. The monoisotopic (exact) mass is 442 g/mol. The molecule has 0 aromatic heterocycles. The summed E-state index contributed by atoms with van der Waals surface area (Å²) in [5, 5.41) is 21.4. The minimum absolute atomic E-state index is 0.0149. The minimum atomic E-state index is -0.311. The molecule has 0 spiro atoms. The first-order chi connectivity index (χ1) is 14.8. The largest absolute Gasteiger partial charge is 0.393 e. The molecular weight excluding hydrogens is 392 g/mol. The van der Waals surface area contributed by atoms with Crippen molar-refractivity contribution in [3.05, 3.63) is 22.8 Å². The molecule has 2 saturated carbocycles. The molecule has 2 nitrogen and oxygen atoms in total. The van der Waals surface area contributed by atoms with Gasteiger partial charge in [0.25, 0.3) is 0 Å². The lowest BCUT2D eigenvalue weighted by atomic mass is 9.43. The number of aliphatic hydroxyl groups is 2. The molecular formula is C30H50O2. The Balaban J connectivity index is 1.65. The van der Waals surface area contributed by atoms with Crippen LogP contribution in [0.25, 0.3) is 0 Å². The minimum Gasteiger partial charge on any atom is -0.393 e. The van der Waals surface area contributed by atoms with Gasteiger partial charge in [-0.05, 0) is 111 Å². The lowest BCUT2D eigenvalue weighted by Crippen LogP contribution is -2.55. The quantitative estimate of drug-likeness (QED) is 0.444. The summed E-state index contributed by atoms with van der Waals surface area (Å²) < 4.78 is 0. The van der Waals surface area contributed by atoms with Crippen molar-refractivity contribution in [3.8, 4) is 0 Å². The van der Waals surface area contributed by atoms with E-state index in [9.17, 15) is 10.2 Å². The van der Waals surface area contributed by atoms with Crippen LogP contribution in [-0.4, -0.2) is 22.4 Å². The van der Waals surface area contributed by atoms with Gasteiger partial charge in [-0.25, -0.2) is 0 Å². The van der Waals surface area contributed by atoms with E-state index in [-0.39, 0.29) is 23.0 Å². The zero-order valence-electron chi connectivity index (χ0n) is 22.2. The molecule has 4 aliphatic carbocycles. The van der Waals surface area contributed by atoms with E-state index >= 15 is 0 Å². The fraction of sp³-hybridized carbons (Fsp3) is 0.867. The standard InChI is InChI=1S/C30H50O2/c1-19(2)17-21(31)18-20(3)22-11-15-30(8)24-9-10-25-27(4,5)26(32)13-14-28(25,6)23(24)12-16-29(22,30)7/h17,20-22,25-26,31-32H,9-16,18H2,1-8H3/t20-,21-,22-,25?,26+,28-,29-,30+/m1/s1.